The normalized spacial score (nSPS) is 18.3. The van der Waals surface area contributed by atoms with Gasteiger partial charge in [0, 0.05) is 22.9 Å². The van der Waals surface area contributed by atoms with Gasteiger partial charge in [-0.2, -0.15) is 0 Å². The Morgan fingerprint density at radius 1 is 1.41 bits per heavy atom. The van der Waals surface area contributed by atoms with Crippen molar-refractivity contribution in [3.05, 3.63) is 35.7 Å². The highest BCUT2D eigenvalue weighted by Crippen LogP contribution is 2.36. The summed E-state index contributed by atoms with van der Waals surface area (Å²) in [5.74, 6) is 1.55. The van der Waals surface area contributed by atoms with Crippen molar-refractivity contribution in [1.29, 1.82) is 0 Å². The van der Waals surface area contributed by atoms with Crippen molar-refractivity contribution < 1.29 is 0 Å². The first-order valence-corrected chi connectivity index (χ1v) is 6.23. The quantitative estimate of drug-likeness (QED) is 0.774. The number of imidazole rings is 1. The van der Waals surface area contributed by atoms with Gasteiger partial charge in [-0.3, -0.25) is 0 Å². The molecule has 2 aromatic rings. The lowest BCUT2D eigenvalue weighted by Crippen LogP contribution is -1.94. The fourth-order valence-corrected chi connectivity index (χ4v) is 2.64. The van der Waals surface area contributed by atoms with Gasteiger partial charge < -0.3 is 10.7 Å². The minimum atomic E-state index is 0.625. The van der Waals surface area contributed by atoms with Crippen LogP contribution >= 0.6 is 0 Å². The number of hydrogen-bond acceptors (Lipinski definition) is 2. The van der Waals surface area contributed by atoms with Crippen LogP contribution in [0.15, 0.2) is 24.3 Å². The monoisotopic (exact) mass is 227 g/mol. The van der Waals surface area contributed by atoms with E-state index in [9.17, 15) is 0 Å². The van der Waals surface area contributed by atoms with Gasteiger partial charge >= 0.3 is 0 Å². The molecule has 1 aromatic carbocycles. The topological polar surface area (TPSA) is 54.7 Å². The summed E-state index contributed by atoms with van der Waals surface area (Å²) in [6.45, 7) is 2.23. The summed E-state index contributed by atoms with van der Waals surface area (Å²) in [6, 6.07) is 7.88. The molecule has 0 saturated heterocycles. The zero-order valence-electron chi connectivity index (χ0n) is 10.0. The van der Waals surface area contributed by atoms with E-state index in [4.69, 9.17) is 10.7 Å². The molecule has 1 atom stereocenters. The Labute approximate surface area is 101 Å². The molecule has 3 rings (SSSR count). The summed E-state index contributed by atoms with van der Waals surface area (Å²) in [4.78, 5) is 8.16. The van der Waals surface area contributed by atoms with Crippen LogP contribution in [0.2, 0.25) is 0 Å². The lowest BCUT2D eigenvalue weighted by atomic mass is 10.1. The molecule has 1 unspecified atom stereocenters. The number of hydrogen-bond donors (Lipinski definition) is 2. The maximum Gasteiger partial charge on any atom is 0.139 e. The minimum Gasteiger partial charge on any atom is -0.398 e. The second-order valence-electron chi connectivity index (χ2n) is 4.68. The van der Waals surface area contributed by atoms with Gasteiger partial charge in [-0.1, -0.05) is 19.1 Å². The number of benzene rings is 1. The summed E-state index contributed by atoms with van der Waals surface area (Å²) in [7, 11) is 0. The Morgan fingerprint density at radius 2 is 2.24 bits per heavy atom. The van der Waals surface area contributed by atoms with Crippen molar-refractivity contribution in [2.45, 2.75) is 32.1 Å². The third-order valence-corrected chi connectivity index (χ3v) is 3.65. The van der Waals surface area contributed by atoms with Crippen molar-refractivity contribution in [1.82, 2.24) is 9.97 Å². The van der Waals surface area contributed by atoms with Gasteiger partial charge in [-0.25, -0.2) is 4.98 Å². The van der Waals surface area contributed by atoms with E-state index in [1.165, 1.54) is 24.2 Å². The minimum absolute atomic E-state index is 0.625. The second-order valence-corrected chi connectivity index (χ2v) is 4.68. The van der Waals surface area contributed by atoms with Crippen LogP contribution in [0.5, 0.6) is 0 Å². The van der Waals surface area contributed by atoms with Gasteiger partial charge in [0.15, 0.2) is 0 Å². The molecule has 0 amide bonds. The van der Waals surface area contributed by atoms with Crippen LogP contribution in [0.4, 0.5) is 5.69 Å². The smallest absolute Gasteiger partial charge is 0.139 e. The van der Waals surface area contributed by atoms with Crippen molar-refractivity contribution in [2.24, 2.45) is 0 Å². The van der Waals surface area contributed by atoms with Gasteiger partial charge in [-0.05, 0) is 31.4 Å². The van der Waals surface area contributed by atoms with E-state index in [0.717, 1.165) is 23.5 Å². The van der Waals surface area contributed by atoms with Crippen LogP contribution in [0.1, 0.15) is 37.1 Å². The first-order chi connectivity index (χ1) is 8.29. The standard InChI is InChI=1S/C14H17N3/c1-2-9-7-8-12-13(9)17-14(16-12)10-5-3-4-6-11(10)15/h3-6,9H,2,7-8,15H2,1H3,(H,16,17). The largest absolute Gasteiger partial charge is 0.398 e. The molecular weight excluding hydrogens is 210 g/mol. The number of aromatic amines is 1. The van der Waals surface area contributed by atoms with Crippen LogP contribution in [-0.2, 0) is 6.42 Å². The highest BCUT2D eigenvalue weighted by Gasteiger charge is 2.25. The van der Waals surface area contributed by atoms with E-state index in [-0.39, 0.29) is 0 Å². The number of aromatic nitrogens is 2. The molecule has 1 aliphatic rings. The van der Waals surface area contributed by atoms with Crippen molar-refractivity contribution in [3.63, 3.8) is 0 Å². The van der Waals surface area contributed by atoms with Crippen LogP contribution in [0, 0.1) is 0 Å². The fraction of sp³-hybridized carbons (Fsp3) is 0.357. The Bertz CT molecular complexity index is 542. The van der Waals surface area contributed by atoms with Gasteiger partial charge in [-0.15, -0.1) is 0 Å². The Kier molecular flexibility index (Phi) is 2.39. The number of nitrogens with zero attached hydrogens (tertiary/aromatic N) is 1. The molecule has 3 heteroatoms. The third kappa shape index (κ3) is 1.62. The molecule has 1 aliphatic carbocycles. The number of para-hydroxylation sites is 1. The predicted molar refractivity (Wildman–Crippen MR) is 69.8 cm³/mol. The average molecular weight is 227 g/mol. The van der Waals surface area contributed by atoms with E-state index in [2.05, 4.69) is 11.9 Å². The highest BCUT2D eigenvalue weighted by atomic mass is 15.0. The average Bonchev–Trinajstić information content (AvgIpc) is 2.88. The molecule has 1 aromatic heterocycles. The van der Waals surface area contributed by atoms with Gasteiger partial charge in [0.25, 0.3) is 0 Å². The van der Waals surface area contributed by atoms with E-state index in [1.54, 1.807) is 0 Å². The van der Waals surface area contributed by atoms with Gasteiger partial charge in [0.05, 0.1) is 5.69 Å². The maximum absolute atomic E-state index is 5.98. The molecule has 88 valence electrons. The lowest BCUT2D eigenvalue weighted by Gasteiger charge is -2.04. The number of rotatable bonds is 2. The molecule has 0 radical (unpaired) electrons. The van der Waals surface area contributed by atoms with Crippen molar-refractivity contribution in [2.75, 3.05) is 5.73 Å². The SMILES string of the molecule is CCC1CCc2[nH]c(-c3ccccc3N)nc21. The van der Waals surface area contributed by atoms with Crippen molar-refractivity contribution >= 4 is 5.69 Å². The molecule has 3 nitrogen and oxygen atoms in total. The lowest BCUT2D eigenvalue weighted by molar-refractivity contribution is 0.641. The molecule has 0 spiro atoms. The van der Waals surface area contributed by atoms with Crippen LogP contribution in [0.3, 0.4) is 0 Å². The molecule has 1 heterocycles. The molecule has 0 fully saturated rings. The first-order valence-electron chi connectivity index (χ1n) is 6.23. The predicted octanol–water partition coefficient (Wildman–Crippen LogP) is 3.10. The second kappa shape index (κ2) is 3.91. The number of fused-ring (bicyclic) bond motifs is 1. The Morgan fingerprint density at radius 3 is 3.00 bits per heavy atom. The third-order valence-electron chi connectivity index (χ3n) is 3.65. The summed E-state index contributed by atoms with van der Waals surface area (Å²) >= 11 is 0. The molecular formula is C14H17N3. The zero-order chi connectivity index (χ0) is 11.8. The van der Waals surface area contributed by atoms with Crippen LogP contribution < -0.4 is 5.73 Å². The molecule has 0 aliphatic heterocycles. The van der Waals surface area contributed by atoms with E-state index in [0.29, 0.717) is 5.92 Å². The summed E-state index contributed by atoms with van der Waals surface area (Å²) in [6.07, 6.45) is 3.52. The zero-order valence-corrected chi connectivity index (χ0v) is 10.0. The van der Waals surface area contributed by atoms with Crippen LogP contribution in [0.25, 0.3) is 11.4 Å². The number of H-pyrrole nitrogens is 1. The van der Waals surface area contributed by atoms with E-state index >= 15 is 0 Å². The van der Waals surface area contributed by atoms with Crippen molar-refractivity contribution in [3.8, 4) is 11.4 Å². The van der Waals surface area contributed by atoms with Gasteiger partial charge in [0.1, 0.15) is 5.82 Å². The maximum atomic E-state index is 5.98. The first kappa shape index (κ1) is 10.4. The molecule has 17 heavy (non-hydrogen) atoms. The number of nitrogens with one attached hydrogen (secondary N) is 1. The summed E-state index contributed by atoms with van der Waals surface area (Å²) < 4.78 is 0. The van der Waals surface area contributed by atoms with Gasteiger partial charge in [0.2, 0.25) is 0 Å². The van der Waals surface area contributed by atoms with Crippen LogP contribution in [-0.4, -0.2) is 9.97 Å². The number of anilines is 1. The number of nitrogen functional groups attached to an aromatic ring is 1. The molecule has 0 saturated carbocycles. The summed E-state index contributed by atoms with van der Waals surface area (Å²) in [5, 5.41) is 0. The fourth-order valence-electron chi connectivity index (χ4n) is 2.64. The van der Waals surface area contributed by atoms with E-state index in [1.807, 2.05) is 24.3 Å². The highest BCUT2D eigenvalue weighted by molar-refractivity contribution is 5.71. The summed E-state index contributed by atoms with van der Waals surface area (Å²) in [5.41, 5.74) is 10.3. The molecule has 3 N–H and O–H groups in total. The number of aryl methyl sites for hydroxylation is 1. The Hall–Kier alpha value is -1.77. The Balaban J connectivity index is 2.04. The number of nitrogens with two attached hydrogens (primary N) is 1. The van der Waals surface area contributed by atoms with E-state index < -0.39 is 0 Å². The molecule has 0 bridgehead atoms.